The number of nitrogens with zero attached hydrogens (tertiary/aromatic N) is 4. The van der Waals surface area contributed by atoms with Gasteiger partial charge >= 0.3 is 0 Å². The van der Waals surface area contributed by atoms with E-state index in [2.05, 4.69) is 27.3 Å². The average molecular weight is 344 g/mol. The third kappa shape index (κ3) is 3.14. The SMILES string of the molecule is CCCCSc1nc2n(n1)C(c1ccncc1)C(C(N)=O)=C(C)N2. The Bertz CT molecular complexity index is 770. The van der Waals surface area contributed by atoms with Crippen LogP contribution in [0.25, 0.3) is 0 Å². The molecule has 3 N–H and O–H groups in total. The lowest BCUT2D eigenvalue weighted by Gasteiger charge is -2.27. The van der Waals surface area contributed by atoms with Gasteiger partial charge in [0.25, 0.3) is 0 Å². The third-order valence-electron chi connectivity index (χ3n) is 3.85. The molecule has 0 fully saturated rings. The Morgan fingerprint density at radius 2 is 2.17 bits per heavy atom. The van der Waals surface area contributed by atoms with Gasteiger partial charge in [0.15, 0.2) is 0 Å². The van der Waals surface area contributed by atoms with Crippen molar-refractivity contribution in [2.75, 3.05) is 11.1 Å². The van der Waals surface area contributed by atoms with Gasteiger partial charge < -0.3 is 11.1 Å². The monoisotopic (exact) mass is 344 g/mol. The number of nitrogens with one attached hydrogen (secondary N) is 1. The molecule has 2 aromatic rings. The molecule has 3 rings (SSSR count). The lowest BCUT2D eigenvalue weighted by molar-refractivity contribution is -0.115. The quantitative estimate of drug-likeness (QED) is 0.616. The van der Waals surface area contributed by atoms with Crippen LogP contribution in [0.1, 0.15) is 38.3 Å². The summed E-state index contributed by atoms with van der Waals surface area (Å²) in [4.78, 5) is 20.6. The molecule has 0 saturated heterocycles. The molecule has 1 atom stereocenters. The molecule has 0 spiro atoms. The minimum absolute atomic E-state index is 0.394. The number of hydrogen-bond acceptors (Lipinski definition) is 6. The molecule has 24 heavy (non-hydrogen) atoms. The number of unbranched alkanes of at least 4 members (excludes halogenated alkanes) is 1. The van der Waals surface area contributed by atoms with Gasteiger partial charge in [0.2, 0.25) is 17.0 Å². The summed E-state index contributed by atoms with van der Waals surface area (Å²) in [6.45, 7) is 3.98. The zero-order chi connectivity index (χ0) is 17.1. The van der Waals surface area contributed by atoms with Crippen LogP contribution in [0.15, 0.2) is 41.0 Å². The molecule has 0 aliphatic carbocycles. The summed E-state index contributed by atoms with van der Waals surface area (Å²) in [5, 5.41) is 8.43. The van der Waals surface area contributed by atoms with Crippen molar-refractivity contribution >= 4 is 23.6 Å². The number of primary amides is 1. The van der Waals surface area contributed by atoms with E-state index in [1.807, 2.05) is 19.1 Å². The molecule has 7 nitrogen and oxygen atoms in total. The van der Waals surface area contributed by atoms with Crippen molar-refractivity contribution in [1.82, 2.24) is 19.7 Å². The van der Waals surface area contributed by atoms with Crippen molar-refractivity contribution in [3.05, 3.63) is 41.4 Å². The van der Waals surface area contributed by atoms with Gasteiger partial charge in [-0.1, -0.05) is 25.1 Å². The second-order valence-corrected chi connectivity index (χ2v) is 6.64. The highest BCUT2D eigenvalue weighted by molar-refractivity contribution is 7.99. The number of amides is 1. The summed E-state index contributed by atoms with van der Waals surface area (Å²) < 4.78 is 1.73. The van der Waals surface area contributed by atoms with Crippen LogP contribution in [0.4, 0.5) is 5.95 Å². The number of thioether (sulfide) groups is 1. The number of pyridine rings is 1. The average Bonchev–Trinajstić information content (AvgIpc) is 2.96. The molecular weight excluding hydrogens is 324 g/mol. The van der Waals surface area contributed by atoms with E-state index in [1.54, 1.807) is 28.8 Å². The number of nitrogens with two attached hydrogens (primary N) is 1. The molecule has 8 heteroatoms. The molecule has 1 unspecified atom stereocenters. The van der Waals surface area contributed by atoms with Gasteiger partial charge in [-0.2, -0.15) is 4.98 Å². The third-order valence-corrected chi connectivity index (χ3v) is 4.77. The van der Waals surface area contributed by atoms with Gasteiger partial charge in [-0.3, -0.25) is 9.78 Å². The summed E-state index contributed by atoms with van der Waals surface area (Å²) in [5.74, 6) is 1.12. The van der Waals surface area contributed by atoms with E-state index in [4.69, 9.17) is 5.73 Å². The van der Waals surface area contributed by atoms with E-state index in [9.17, 15) is 4.79 Å². The highest BCUT2D eigenvalue weighted by atomic mass is 32.2. The van der Waals surface area contributed by atoms with E-state index in [0.717, 1.165) is 24.2 Å². The molecule has 0 aromatic carbocycles. The normalized spacial score (nSPS) is 16.7. The number of carbonyl (C=O) groups is 1. The van der Waals surface area contributed by atoms with Crippen LogP contribution in [-0.2, 0) is 4.79 Å². The maximum Gasteiger partial charge on any atom is 0.248 e. The zero-order valence-corrected chi connectivity index (χ0v) is 14.5. The van der Waals surface area contributed by atoms with Crippen LogP contribution in [0, 0.1) is 0 Å². The van der Waals surface area contributed by atoms with Crippen molar-refractivity contribution in [2.24, 2.45) is 5.73 Å². The number of carbonyl (C=O) groups excluding carboxylic acids is 1. The maximum absolute atomic E-state index is 12.0. The first kappa shape index (κ1) is 16.5. The van der Waals surface area contributed by atoms with Gasteiger partial charge in [0.05, 0.1) is 5.57 Å². The van der Waals surface area contributed by atoms with E-state index in [0.29, 0.717) is 22.4 Å². The predicted molar refractivity (Wildman–Crippen MR) is 93.5 cm³/mol. The summed E-state index contributed by atoms with van der Waals surface area (Å²) in [7, 11) is 0. The van der Waals surface area contributed by atoms with Crippen molar-refractivity contribution in [3.8, 4) is 0 Å². The summed E-state index contributed by atoms with van der Waals surface area (Å²) in [6, 6.07) is 3.33. The van der Waals surface area contributed by atoms with Crippen LogP contribution >= 0.6 is 11.8 Å². The van der Waals surface area contributed by atoms with E-state index >= 15 is 0 Å². The smallest absolute Gasteiger partial charge is 0.248 e. The maximum atomic E-state index is 12.0. The van der Waals surface area contributed by atoms with E-state index in [-0.39, 0.29) is 0 Å². The Morgan fingerprint density at radius 1 is 1.42 bits per heavy atom. The molecule has 2 aromatic heterocycles. The Morgan fingerprint density at radius 3 is 2.83 bits per heavy atom. The number of hydrogen-bond donors (Lipinski definition) is 2. The van der Waals surface area contributed by atoms with Crippen molar-refractivity contribution < 1.29 is 4.79 Å². The Kier molecular flexibility index (Phi) is 4.84. The van der Waals surface area contributed by atoms with Crippen LogP contribution in [0.2, 0.25) is 0 Å². The predicted octanol–water partition coefficient (Wildman–Crippen LogP) is 2.34. The number of rotatable bonds is 6. The first-order valence-corrected chi connectivity index (χ1v) is 8.87. The molecule has 1 aliphatic rings. The number of aromatic nitrogens is 4. The van der Waals surface area contributed by atoms with Crippen molar-refractivity contribution in [2.45, 2.75) is 37.9 Å². The minimum Gasteiger partial charge on any atom is -0.366 e. The number of anilines is 1. The number of fused-ring (bicyclic) bond motifs is 1. The molecule has 126 valence electrons. The first-order valence-electron chi connectivity index (χ1n) is 7.88. The summed E-state index contributed by atoms with van der Waals surface area (Å²) in [6.07, 6.45) is 5.63. The highest BCUT2D eigenvalue weighted by Crippen LogP contribution is 2.35. The standard InChI is InChI=1S/C16H20N6OS/c1-3-4-9-24-16-20-15-19-10(2)12(14(17)23)13(22(15)21-16)11-5-7-18-8-6-11/h5-8,13H,3-4,9H2,1-2H3,(H2,17,23)(H,19,20,21). The van der Waals surface area contributed by atoms with Gasteiger partial charge in [-0.25, -0.2) is 4.68 Å². The Balaban J connectivity index is 2.02. The highest BCUT2D eigenvalue weighted by Gasteiger charge is 2.33. The zero-order valence-electron chi connectivity index (χ0n) is 13.7. The van der Waals surface area contributed by atoms with Gasteiger partial charge in [-0.15, -0.1) is 5.10 Å². The molecule has 0 saturated carbocycles. The van der Waals surface area contributed by atoms with Crippen molar-refractivity contribution in [1.29, 1.82) is 0 Å². The van der Waals surface area contributed by atoms with E-state index < -0.39 is 11.9 Å². The Hall–Kier alpha value is -2.35. The molecule has 1 aliphatic heterocycles. The summed E-state index contributed by atoms with van der Waals surface area (Å²) >= 11 is 1.62. The van der Waals surface area contributed by atoms with Crippen LogP contribution in [-0.4, -0.2) is 31.4 Å². The van der Waals surface area contributed by atoms with Crippen LogP contribution < -0.4 is 11.1 Å². The fourth-order valence-electron chi connectivity index (χ4n) is 2.67. The number of allylic oxidation sites excluding steroid dienone is 1. The lowest BCUT2D eigenvalue weighted by atomic mass is 9.96. The van der Waals surface area contributed by atoms with E-state index in [1.165, 1.54) is 0 Å². The summed E-state index contributed by atoms with van der Waals surface area (Å²) in [5.41, 5.74) is 7.72. The topological polar surface area (TPSA) is 98.7 Å². The van der Waals surface area contributed by atoms with Gasteiger partial charge in [-0.05, 0) is 31.0 Å². The molecule has 3 heterocycles. The second-order valence-electron chi connectivity index (χ2n) is 5.58. The largest absolute Gasteiger partial charge is 0.366 e. The van der Waals surface area contributed by atoms with Crippen LogP contribution in [0.5, 0.6) is 0 Å². The van der Waals surface area contributed by atoms with Gasteiger partial charge in [0.1, 0.15) is 6.04 Å². The lowest BCUT2D eigenvalue weighted by Crippen LogP contribution is -2.31. The van der Waals surface area contributed by atoms with Gasteiger partial charge in [0, 0.05) is 23.8 Å². The Labute approximate surface area is 144 Å². The molecule has 0 radical (unpaired) electrons. The molecule has 0 bridgehead atoms. The van der Waals surface area contributed by atoms with Crippen LogP contribution in [0.3, 0.4) is 0 Å². The fourth-order valence-corrected chi connectivity index (χ4v) is 3.59. The van der Waals surface area contributed by atoms with Crippen molar-refractivity contribution in [3.63, 3.8) is 0 Å². The minimum atomic E-state index is -0.469. The first-order chi connectivity index (χ1) is 11.6. The second kappa shape index (κ2) is 7.04. The fraction of sp³-hybridized carbons (Fsp3) is 0.375. The molecular formula is C16H20N6OS. The molecule has 1 amide bonds.